The SMILES string of the molecule is CCc1cccc(CC)c1CC(=O)O. The zero-order chi connectivity index (χ0) is 10.6. The van der Waals surface area contributed by atoms with Gasteiger partial charge in [-0.1, -0.05) is 32.0 Å². The minimum Gasteiger partial charge on any atom is -0.481 e. The fraction of sp³-hybridized carbons (Fsp3) is 0.417. The zero-order valence-electron chi connectivity index (χ0n) is 8.71. The first kappa shape index (κ1) is 10.8. The van der Waals surface area contributed by atoms with E-state index in [0.29, 0.717) is 0 Å². The molecule has 76 valence electrons. The molecule has 0 spiro atoms. The highest BCUT2D eigenvalue weighted by Crippen LogP contribution is 2.17. The molecule has 0 aliphatic carbocycles. The molecule has 0 aromatic heterocycles. The molecule has 0 aliphatic rings. The van der Waals surface area contributed by atoms with E-state index in [2.05, 4.69) is 13.8 Å². The minimum absolute atomic E-state index is 0.146. The van der Waals surface area contributed by atoms with Crippen LogP contribution >= 0.6 is 0 Å². The highest BCUT2D eigenvalue weighted by atomic mass is 16.4. The smallest absolute Gasteiger partial charge is 0.307 e. The van der Waals surface area contributed by atoms with Crippen molar-refractivity contribution in [1.82, 2.24) is 0 Å². The number of rotatable bonds is 4. The summed E-state index contributed by atoms with van der Waals surface area (Å²) < 4.78 is 0. The van der Waals surface area contributed by atoms with Crippen molar-refractivity contribution in [3.05, 3.63) is 34.9 Å². The van der Waals surface area contributed by atoms with Crippen LogP contribution in [0.2, 0.25) is 0 Å². The lowest BCUT2D eigenvalue weighted by Gasteiger charge is -2.10. The van der Waals surface area contributed by atoms with Gasteiger partial charge in [-0.15, -0.1) is 0 Å². The van der Waals surface area contributed by atoms with Crippen molar-refractivity contribution in [3.8, 4) is 0 Å². The van der Waals surface area contributed by atoms with Gasteiger partial charge in [-0.2, -0.15) is 0 Å². The van der Waals surface area contributed by atoms with Crippen LogP contribution in [0.5, 0.6) is 0 Å². The number of hydrogen-bond donors (Lipinski definition) is 1. The summed E-state index contributed by atoms with van der Waals surface area (Å²) in [5, 5.41) is 8.81. The van der Waals surface area contributed by atoms with E-state index in [0.717, 1.165) is 29.5 Å². The highest BCUT2D eigenvalue weighted by Gasteiger charge is 2.09. The molecule has 1 aromatic rings. The molecule has 2 nitrogen and oxygen atoms in total. The Balaban J connectivity index is 3.12. The van der Waals surface area contributed by atoms with Crippen molar-refractivity contribution >= 4 is 5.97 Å². The van der Waals surface area contributed by atoms with E-state index in [-0.39, 0.29) is 6.42 Å². The van der Waals surface area contributed by atoms with Gasteiger partial charge in [0.15, 0.2) is 0 Å². The summed E-state index contributed by atoms with van der Waals surface area (Å²) >= 11 is 0. The van der Waals surface area contributed by atoms with Crippen molar-refractivity contribution in [2.45, 2.75) is 33.1 Å². The summed E-state index contributed by atoms with van der Waals surface area (Å²) in [7, 11) is 0. The fourth-order valence-electron chi connectivity index (χ4n) is 1.73. The maximum Gasteiger partial charge on any atom is 0.307 e. The van der Waals surface area contributed by atoms with E-state index in [4.69, 9.17) is 5.11 Å². The monoisotopic (exact) mass is 192 g/mol. The van der Waals surface area contributed by atoms with Gasteiger partial charge in [0.1, 0.15) is 0 Å². The summed E-state index contributed by atoms with van der Waals surface area (Å²) in [6.45, 7) is 4.11. The Morgan fingerprint density at radius 3 is 2.07 bits per heavy atom. The van der Waals surface area contributed by atoms with Crippen molar-refractivity contribution in [3.63, 3.8) is 0 Å². The maximum absolute atomic E-state index is 10.7. The van der Waals surface area contributed by atoms with Gasteiger partial charge in [-0.05, 0) is 29.5 Å². The van der Waals surface area contributed by atoms with Gasteiger partial charge in [-0.25, -0.2) is 0 Å². The van der Waals surface area contributed by atoms with Crippen LogP contribution in [-0.4, -0.2) is 11.1 Å². The summed E-state index contributed by atoms with van der Waals surface area (Å²) in [6.07, 6.45) is 1.94. The highest BCUT2D eigenvalue weighted by molar-refractivity contribution is 5.71. The Bertz CT molecular complexity index is 307. The van der Waals surface area contributed by atoms with Crippen LogP contribution in [0.1, 0.15) is 30.5 Å². The molecule has 0 heterocycles. The number of carboxylic acids is 1. The number of carboxylic acid groups (broad SMARTS) is 1. The van der Waals surface area contributed by atoms with E-state index in [1.54, 1.807) is 0 Å². The third-order valence-corrected chi connectivity index (χ3v) is 2.46. The van der Waals surface area contributed by atoms with Crippen LogP contribution in [0.3, 0.4) is 0 Å². The second-order valence-corrected chi connectivity index (χ2v) is 3.33. The molecule has 2 heteroatoms. The van der Waals surface area contributed by atoms with E-state index in [1.165, 1.54) is 0 Å². The molecule has 0 amide bonds. The molecule has 0 radical (unpaired) electrons. The standard InChI is InChI=1S/C12H16O2/c1-3-9-6-5-7-10(4-2)11(9)8-12(13)14/h5-7H,3-4,8H2,1-2H3,(H,13,14). The van der Waals surface area contributed by atoms with E-state index >= 15 is 0 Å². The van der Waals surface area contributed by atoms with Gasteiger partial charge in [0.05, 0.1) is 6.42 Å². The lowest BCUT2D eigenvalue weighted by Crippen LogP contribution is -2.06. The number of carbonyl (C=O) groups is 1. The first-order chi connectivity index (χ1) is 6.69. The van der Waals surface area contributed by atoms with Crippen LogP contribution in [-0.2, 0) is 24.1 Å². The van der Waals surface area contributed by atoms with E-state index in [9.17, 15) is 4.79 Å². The lowest BCUT2D eigenvalue weighted by atomic mass is 9.95. The van der Waals surface area contributed by atoms with Gasteiger partial charge in [0.25, 0.3) is 0 Å². The number of aliphatic carboxylic acids is 1. The Morgan fingerprint density at radius 2 is 1.71 bits per heavy atom. The molecule has 0 saturated carbocycles. The van der Waals surface area contributed by atoms with E-state index < -0.39 is 5.97 Å². The van der Waals surface area contributed by atoms with Crippen molar-refractivity contribution in [1.29, 1.82) is 0 Å². The molecule has 0 unspecified atom stereocenters. The van der Waals surface area contributed by atoms with Gasteiger partial charge >= 0.3 is 5.97 Å². The van der Waals surface area contributed by atoms with Gasteiger partial charge < -0.3 is 5.11 Å². The molecule has 0 bridgehead atoms. The second-order valence-electron chi connectivity index (χ2n) is 3.33. The number of benzene rings is 1. The fourth-order valence-corrected chi connectivity index (χ4v) is 1.73. The van der Waals surface area contributed by atoms with Crippen LogP contribution < -0.4 is 0 Å². The molecule has 1 N–H and O–H groups in total. The van der Waals surface area contributed by atoms with Gasteiger partial charge in [-0.3, -0.25) is 4.79 Å². The Hall–Kier alpha value is -1.31. The van der Waals surface area contributed by atoms with Crippen molar-refractivity contribution < 1.29 is 9.90 Å². The summed E-state index contributed by atoms with van der Waals surface area (Å²) in [5.41, 5.74) is 3.32. The minimum atomic E-state index is -0.749. The summed E-state index contributed by atoms with van der Waals surface area (Å²) in [6, 6.07) is 6.03. The topological polar surface area (TPSA) is 37.3 Å². The van der Waals surface area contributed by atoms with Crippen LogP contribution in [0, 0.1) is 0 Å². The molecule has 0 fully saturated rings. The summed E-state index contributed by atoms with van der Waals surface area (Å²) in [4.78, 5) is 10.7. The number of hydrogen-bond acceptors (Lipinski definition) is 1. The summed E-state index contributed by atoms with van der Waals surface area (Å²) in [5.74, 6) is -0.749. The zero-order valence-corrected chi connectivity index (χ0v) is 8.71. The Kier molecular flexibility index (Phi) is 3.69. The average Bonchev–Trinajstić information content (AvgIpc) is 2.17. The van der Waals surface area contributed by atoms with Crippen molar-refractivity contribution in [2.75, 3.05) is 0 Å². The van der Waals surface area contributed by atoms with Crippen LogP contribution in [0.15, 0.2) is 18.2 Å². The number of aryl methyl sites for hydroxylation is 2. The molecular formula is C12H16O2. The molecule has 1 rings (SSSR count). The maximum atomic E-state index is 10.7. The largest absolute Gasteiger partial charge is 0.481 e. The Labute approximate surface area is 84.6 Å². The molecule has 0 atom stereocenters. The predicted molar refractivity (Wildman–Crippen MR) is 56.5 cm³/mol. The Morgan fingerprint density at radius 1 is 1.21 bits per heavy atom. The average molecular weight is 192 g/mol. The normalized spacial score (nSPS) is 10.1. The molecule has 1 aromatic carbocycles. The molecule has 0 aliphatic heterocycles. The third-order valence-electron chi connectivity index (χ3n) is 2.46. The lowest BCUT2D eigenvalue weighted by molar-refractivity contribution is -0.136. The van der Waals surface area contributed by atoms with Crippen LogP contribution in [0.25, 0.3) is 0 Å². The molecule has 0 saturated heterocycles. The predicted octanol–water partition coefficient (Wildman–Crippen LogP) is 2.44. The molecule has 14 heavy (non-hydrogen) atoms. The molecular weight excluding hydrogens is 176 g/mol. The van der Waals surface area contributed by atoms with Crippen molar-refractivity contribution in [2.24, 2.45) is 0 Å². The first-order valence-corrected chi connectivity index (χ1v) is 5.00. The quantitative estimate of drug-likeness (QED) is 0.795. The van der Waals surface area contributed by atoms with E-state index in [1.807, 2.05) is 18.2 Å². The van der Waals surface area contributed by atoms with Gasteiger partial charge in [0.2, 0.25) is 0 Å². The first-order valence-electron chi connectivity index (χ1n) is 5.00. The van der Waals surface area contributed by atoms with Crippen LogP contribution in [0.4, 0.5) is 0 Å². The van der Waals surface area contributed by atoms with Gasteiger partial charge in [0, 0.05) is 0 Å². The third kappa shape index (κ3) is 2.34. The second kappa shape index (κ2) is 4.80.